The lowest BCUT2D eigenvalue weighted by molar-refractivity contribution is 0.319. The minimum Gasteiger partial charge on any atom is -0.420 e. The molecule has 1 aliphatic rings. The Morgan fingerprint density at radius 1 is 0.889 bits per heavy atom. The predicted octanol–water partition coefficient (Wildman–Crippen LogP) is 5.17. The number of likely N-dealkylation sites (tertiary alicyclic amines) is 1. The van der Waals surface area contributed by atoms with E-state index in [1.165, 1.54) is 24.6 Å². The molecular weight excluding hydrogens is 474 g/mol. The van der Waals surface area contributed by atoms with Crippen molar-refractivity contribution in [2.24, 2.45) is 0 Å². The predicted molar refractivity (Wildman–Crippen MR) is 135 cm³/mol. The van der Waals surface area contributed by atoms with Crippen LogP contribution in [0.25, 0.3) is 28.4 Å². The molecular formula is C26H25N7O2S. The second-order valence-electron chi connectivity index (χ2n) is 8.67. The Bertz CT molecular complexity index is 1440. The average Bonchev–Trinajstić information content (AvgIpc) is 3.72. The molecule has 0 N–H and O–H groups in total. The standard InChI is InChI=1S/C26H25N7O2S/c1-18-23(24(31-35-18)19-10-4-2-5-11-19)25-29-28-22(34-25)17-36-26-30-27-21(16-32-14-8-9-15-32)33(26)20-12-6-3-7-13-20/h2-7,10-13H,8-9,14-17H2,1H3. The maximum atomic E-state index is 6.04. The van der Waals surface area contributed by atoms with Crippen LogP contribution in [0.3, 0.4) is 0 Å². The maximum Gasteiger partial charge on any atom is 0.253 e. The van der Waals surface area contributed by atoms with Gasteiger partial charge in [-0.05, 0) is 45.0 Å². The summed E-state index contributed by atoms with van der Waals surface area (Å²) in [7, 11) is 0. The molecule has 3 aromatic heterocycles. The molecule has 1 fully saturated rings. The Morgan fingerprint density at radius 2 is 1.64 bits per heavy atom. The molecule has 0 radical (unpaired) electrons. The molecule has 182 valence electrons. The van der Waals surface area contributed by atoms with E-state index in [9.17, 15) is 0 Å². The van der Waals surface area contributed by atoms with Crippen molar-refractivity contribution in [1.29, 1.82) is 0 Å². The van der Waals surface area contributed by atoms with Crippen LogP contribution in [0.1, 0.15) is 30.3 Å². The van der Waals surface area contributed by atoms with Crippen molar-refractivity contribution in [3.8, 4) is 28.4 Å². The number of hydrogen-bond donors (Lipinski definition) is 0. The van der Waals surface area contributed by atoms with Crippen LogP contribution >= 0.6 is 11.8 Å². The summed E-state index contributed by atoms with van der Waals surface area (Å²) < 4.78 is 13.6. The molecule has 10 heteroatoms. The number of hydrogen-bond acceptors (Lipinski definition) is 9. The van der Waals surface area contributed by atoms with E-state index in [2.05, 4.69) is 47.2 Å². The lowest BCUT2D eigenvalue weighted by atomic mass is 10.1. The molecule has 5 aromatic rings. The van der Waals surface area contributed by atoms with Gasteiger partial charge in [-0.25, -0.2) is 0 Å². The molecule has 36 heavy (non-hydrogen) atoms. The summed E-state index contributed by atoms with van der Waals surface area (Å²) >= 11 is 1.52. The Morgan fingerprint density at radius 3 is 2.42 bits per heavy atom. The summed E-state index contributed by atoms with van der Waals surface area (Å²) in [4.78, 5) is 2.42. The van der Waals surface area contributed by atoms with Gasteiger partial charge in [-0.2, -0.15) is 0 Å². The first-order valence-electron chi connectivity index (χ1n) is 12.0. The average molecular weight is 500 g/mol. The summed E-state index contributed by atoms with van der Waals surface area (Å²) in [5.74, 6) is 2.92. The molecule has 0 saturated carbocycles. The van der Waals surface area contributed by atoms with Crippen molar-refractivity contribution in [3.05, 3.63) is 78.1 Å². The molecule has 0 atom stereocenters. The van der Waals surface area contributed by atoms with E-state index >= 15 is 0 Å². The summed E-state index contributed by atoms with van der Waals surface area (Å²) in [5.41, 5.74) is 3.37. The molecule has 0 aliphatic carbocycles. The van der Waals surface area contributed by atoms with Crippen molar-refractivity contribution < 1.29 is 8.94 Å². The highest BCUT2D eigenvalue weighted by molar-refractivity contribution is 7.98. The highest BCUT2D eigenvalue weighted by Crippen LogP contribution is 2.34. The minimum absolute atomic E-state index is 0.391. The van der Waals surface area contributed by atoms with Crippen LogP contribution in [0, 0.1) is 6.92 Å². The Balaban J connectivity index is 1.24. The van der Waals surface area contributed by atoms with E-state index in [1.807, 2.05) is 55.5 Å². The minimum atomic E-state index is 0.391. The van der Waals surface area contributed by atoms with Crippen LogP contribution in [0.5, 0.6) is 0 Å². The largest absolute Gasteiger partial charge is 0.420 e. The molecule has 4 heterocycles. The van der Waals surface area contributed by atoms with Gasteiger partial charge in [0.15, 0.2) is 11.0 Å². The van der Waals surface area contributed by atoms with Gasteiger partial charge in [-0.3, -0.25) is 9.47 Å². The van der Waals surface area contributed by atoms with Gasteiger partial charge >= 0.3 is 0 Å². The number of benzene rings is 2. The fourth-order valence-corrected chi connectivity index (χ4v) is 5.24. The first-order valence-corrected chi connectivity index (χ1v) is 12.9. The fraction of sp³-hybridized carbons (Fsp3) is 0.269. The zero-order valence-corrected chi connectivity index (χ0v) is 20.7. The number of aromatic nitrogens is 6. The Kier molecular flexibility index (Phi) is 6.35. The maximum absolute atomic E-state index is 6.04. The van der Waals surface area contributed by atoms with Gasteiger partial charge in [0, 0.05) is 11.3 Å². The van der Waals surface area contributed by atoms with E-state index in [0.29, 0.717) is 34.6 Å². The van der Waals surface area contributed by atoms with Gasteiger partial charge in [-0.15, -0.1) is 20.4 Å². The topological polar surface area (TPSA) is 98.9 Å². The van der Waals surface area contributed by atoms with E-state index in [0.717, 1.165) is 41.9 Å². The molecule has 0 unspecified atom stereocenters. The number of para-hydroxylation sites is 1. The lowest BCUT2D eigenvalue weighted by Gasteiger charge is -2.15. The van der Waals surface area contributed by atoms with E-state index in [-0.39, 0.29) is 0 Å². The number of thioether (sulfide) groups is 1. The van der Waals surface area contributed by atoms with Gasteiger partial charge in [0.1, 0.15) is 17.0 Å². The third-order valence-electron chi connectivity index (χ3n) is 6.19. The van der Waals surface area contributed by atoms with Gasteiger partial charge in [0.25, 0.3) is 5.89 Å². The number of rotatable bonds is 8. The van der Waals surface area contributed by atoms with Gasteiger partial charge in [0.05, 0.1) is 12.3 Å². The zero-order chi connectivity index (χ0) is 24.3. The summed E-state index contributed by atoms with van der Waals surface area (Å²) in [6, 6.07) is 20.0. The first-order chi connectivity index (χ1) is 17.8. The van der Waals surface area contributed by atoms with Crippen LogP contribution in [0.15, 0.2) is 74.8 Å². The van der Waals surface area contributed by atoms with Gasteiger partial charge in [-0.1, -0.05) is 65.4 Å². The smallest absolute Gasteiger partial charge is 0.253 e. The molecule has 2 aromatic carbocycles. The second kappa shape index (κ2) is 10.1. The Labute approximate surface area is 212 Å². The van der Waals surface area contributed by atoms with Crippen LogP contribution in [0.4, 0.5) is 0 Å². The molecule has 0 spiro atoms. The second-order valence-corrected chi connectivity index (χ2v) is 9.61. The van der Waals surface area contributed by atoms with E-state index in [4.69, 9.17) is 8.94 Å². The van der Waals surface area contributed by atoms with Crippen molar-refractivity contribution >= 4 is 11.8 Å². The molecule has 1 aliphatic heterocycles. The first kappa shape index (κ1) is 22.7. The Hall–Kier alpha value is -3.76. The van der Waals surface area contributed by atoms with E-state index in [1.54, 1.807) is 0 Å². The van der Waals surface area contributed by atoms with Crippen molar-refractivity contribution in [3.63, 3.8) is 0 Å². The molecule has 1 saturated heterocycles. The normalized spacial score (nSPS) is 14.0. The van der Waals surface area contributed by atoms with Crippen molar-refractivity contribution in [1.82, 2.24) is 35.0 Å². The molecule has 0 amide bonds. The summed E-state index contributed by atoms with van der Waals surface area (Å²) in [5, 5.41) is 22.6. The summed E-state index contributed by atoms with van der Waals surface area (Å²) in [6.07, 6.45) is 2.47. The molecule has 9 nitrogen and oxygen atoms in total. The number of nitrogens with zero attached hydrogens (tertiary/aromatic N) is 7. The van der Waals surface area contributed by atoms with Gasteiger partial charge < -0.3 is 8.94 Å². The fourth-order valence-electron chi connectivity index (χ4n) is 4.43. The van der Waals surface area contributed by atoms with Crippen LogP contribution in [-0.2, 0) is 12.3 Å². The lowest BCUT2D eigenvalue weighted by Crippen LogP contribution is -2.21. The quantitative estimate of drug-likeness (QED) is 0.268. The van der Waals surface area contributed by atoms with Crippen molar-refractivity contribution in [2.75, 3.05) is 13.1 Å². The molecule has 0 bridgehead atoms. The third-order valence-corrected chi connectivity index (χ3v) is 7.11. The van der Waals surface area contributed by atoms with E-state index < -0.39 is 0 Å². The monoisotopic (exact) mass is 499 g/mol. The molecule has 6 rings (SSSR count). The van der Waals surface area contributed by atoms with Crippen LogP contribution in [-0.4, -0.2) is 48.1 Å². The van der Waals surface area contributed by atoms with Crippen LogP contribution < -0.4 is 0 Å². The SMILES string of the molecule is Cc1onc(-c2ccccc2)c1-c1nnc(CSc2nnc(CN3CCCC3)n2-c2ccccc2)o1. The summed E-state index contributed by atoms with van der Waals surface area (Å²) in [6.45, 7) is 4.82. The highest BCUT2D eigenvalue weighted by atomic mass is 32.2. The van der Waals surface area contributed by atoms with Crippen molar-refractivity contribution in [2.45, 2.75) is 37.2 Å². The van der Waals surface area contributed by atoms with Crippen LogP contribution in [0.2, 0.25) is 0 Å². The zero-order valence-electron chi connectivity index (χ0n) is 19.9. The third kappa shape index (κ3) is 4.57. The van der Waals surface area contributed by atoms with Gasteiger partial charge in [0.2, 0.25) is 5.89 Å². The number of aryl methyl sites for hydroxylation is 1. The highest BCUT2D eigenvalue weighted by Gasteiger charge is 2.23.